The van der Waals surface area contributed by atoms with Crippen molar-refractivity contribution in [3.05, 3.63) is 68.7 Å². The lowest BCUT2D eigenvalue weighted by atomic mass is 9.88. The van der Waals surface area contributed by atoms with E-state index < -0.39 is 17.2 Å². The first-order valence-electron chi connectivity index (χ1n) is 5.92. The molecule has 20 heavy (non-hydrogen) atoms. The van der Waals surface area contributed by atoms with E-state index in [0.29, 0.717) is 10.0 Å². The van der Waals surface area contributed by atoms with Gasteiger partial charge in [0.1, 0.15) is 11.6 Å². The van der Waals surface area contributed by atoms with E-state index in [9.17, 15) is 13.9 Å². The van der Waals surface area contributed by atoms with Gasteiger partial charge in [-0.1, -0.05) is 35.9 Å². The summed E-state index contributed by atoms with van der Waals surface area (Å²) in [7, 11) is 0. The smallest absolute Gasteiger partial charge is 0.149 e. The fourth-order valence-electron chi connectivity index (χ4n) is 2.05. The summed E-state index contributed by atoms with van der Waals surface area (Å²) in [6.45, 7) is 1.43. The summed E-state index contributed by atoms with van der Waals surface area (Å²) in [5.74, 6) is -1.14. The number of halogens is 4. The summed E-state index contributed by atoms with van der Waals surface area (Å²) < 4.78 is 28.2. The van der Waals surface area contributed by atoms with Gasteiger partial charge < -0.3 is 5.11 Å². The Hall–Kier alpha value is -0.970. The molecule has 0 spiro atoms. The standard InChI is InChI=1S/C15H12BrClF2O/c1-15(20,8-9-4-2-3-5-12(9)18)10-6-7-11(16)13(17)14(10)19/h2-7,20H,8H2,1H3. The Balaban J connectivity index is 2.41. The number of hydrogen-bond donors (Lipinski definition) is 1. The molecule has 0 radical (unpaired) electrons. The number of aliphatic hydroxyl groups is 1. The van der Waals surface area contributed by atoms with Gasteiger partial charge in [-0.05, 0) is 40.5 Å². The maximum Gasteiger partial charge on any atom is 0.149 e. The van der Waals surface area contributed by atoms with Crippen molar-refractivity contribution in [3.8, 4) is 0 Å². The largest absolute Gasteiger partial charge is 0.385 e. The third-order valence-electron chi connectivity index (χ3n) is 3.11. The molecule has 1 nitrogen and oxygen atoms in total. The van der Waals surface area contributed by atoms with Crippen LogP contribution in [0.25, 0.3) is 0 Å². The Morgan fingerprint density at radius 3 is 2.50 bits per heavy atom. The second-order valence-electron chi connectivity index (χ2n) is 4.76. The molecular weight excluding hydrogens is 350 g/mol. The van der Waals surface area contributed by atoms with Gasteiger partial charge in [0, 0.05) is 16.5 Å². The average Bonchev–Trinajstić information content (AvgIpc) is 2.38. The molecule has 106 valence electrons. The van der Waals surface area contributed by atoms with Crippen LogP contribution in [-0.2, 0) is 12.0 Å². The van der Waals surface area contributed by atoms with E-state index in [1.807, 2.05) is 0 Å². The van der Waals surface area contributed by atoms with Crippen LogP contribution in [0.5, 0.6) is 0 Å². The van der Waals surface area contributed by atoms with Crippen LogP contribution < -0.4 is 0 Å². The second-order valence-corrected chi connectivity index (χ2v) is 6.00. The number of rotatable bonds is 3. The van der Waals surface area contributed by atoms with Crippen molar-refractivity contribution in [2.45, 2.75) is 18.9 Å². The van der Waals surface area contributed by atoms with Gasteiger partial charge >= 0.3 is 0 Å². The highest BCUT2D eigenvalue weighted by Gasteiger charge is 2.29. The lowest BCUT2D eigenvalue weighted by Gasteiger charge is -2.25. The highest BCUT2D eigenvalue weighted by Crippen LogP contribution is 2.34. The summed E-state index contributed by atoms with van der Waals surface area (Å²) in [5, 5.41) is 10.4. The van der Waals surface area contributed by atoms with Crippen molar-refractivity contribution in [2.24, 2.45) is 0 Å². The van der Waals surface area contributed by atoms with Gasteiger partial charge in [0.05, 0.1) is 10.6 Å². The zero-order valence-electron chi connectivity index (χ0n) is 10.6. The monoisotopic (exact) mass is 360 g/mol. The summed E-state index contributed by atoms with van der Waals surface area (Å²) in [6, 6.07) is 9.07. The van der Waals surface area contributed by atoms with E-state index in [0.717, 1.165) is 0 Å². The molecule has 0 heterocycles. The zero-order valence-corrected chi connectivity index (χ0v) is 13.0. The summed E-state index contributed by atoms with van der Waals surface area (Å²) >= 11 is 8.93. The Labute approximate surface area is 129 Å². The van der Waals surface area contributed by atoms with E-state index in [4.69, 9.17) is 11.6 Å². The van der Waals surface area contributed by atoms with Gasteiger partial charge in [0.15, 0.2) is 0 Å². The fraction of sp³-hybridized carbons (Fsp3) is 0.200. The molecule has 1 unspecified atom stereocenters. The molecule has 0 bridgehead atoms. The summed E-state index contributed by atoms with van der Waals surface area (Å²) in [4.78, 5) is 0. The van der Waals surface area contributed by atoms with Crippen LogP contribution in [0, 0.1) is 11.6 Å². The Kier molecular flexibility index (Phi) is 4.47. The van der Waals surface area contributed by atoms with Crippen LogP contribution in [-0.4, -0.2) is 5.11 Å². The molecule has 0 saturated carbocycles. The maximum atomic E-state index is 14.1. The molecule has 0 amide bonds. The molecule has 1 N–H and O–H groups in total. The minimum atomic E-state index is -1.56. The molecule has 0 aliphatic heterocycles. The number of hydrogen-bond acceptors (Lipinski definition) is 1. The minimum absolute atomic E-state index is 0.0361. The van der Waals surface area contributed by atoms with Gasteiger partial charge in [0.25, 0.3) is 0 Å². The predicted octanol–water partition coefficient (Wildman–Crippen LogP) is 4.83. The zero-order chi connectivity index (χ0) is 14.9. The molecule has 5 heteroatoms. The molecule has 1 atom stereocenters. The Bertz CT molecular complexity index is 644. The molecule has 0 aliphatic carbocycles. The fourth-order valence-corrected chi connectivity index (χ4v) is 2.52. The van der Waals surface area contributed by atoms with Gasteiger partial charge in [0.2, 0.25) is 0 Å². The van der Waals surface area contributed by atoms with Gasteiger partial charge in [-0.3, -0.25) is 0 Å². The number of benzene rings is 2. The third kappa shape index (κ3) is 3.03. The van der Waals surface area contributed by atoms with Crippen LogP contribution in [0.3, 0.4) is 0 Å². The van der Waals surface area contributed by atoms with Crippen LogP contribution in [0.4, 0.5) is 8.78 Å². The first-order chi connectivity index (χ1) is 9.33. The quantitative estimate of drug-likeness (QED) is 0.776. The van der Waals surface area contributed by atoms with Gasteiger partial charge in [-0.2, -0.15) is 0 Å². The molecule has 2 aromatic rings. The maximum absolute atomic E-state index is 14.1. The average molecular weight is 362 g/mol. The van der Waals surface area contributed by atoms with Crippen molar-refractivity contribution in [1.82, 2.24) is 0 Å². The highest BCUT2D eigenvalue weighted by molar-refractivity contribution is 9.10. The lowest BCUT2D eigenvalue weighted by molar-refractivity contribution is 0.0529. The topological polar surface area (TPSA) is 20.2 Å². The molecule has 0 aliphatic rings. The SMILES string of the molecule is CC(O)(Cc1ccccc1F)c1ccc(Br)c(Cl)c1F. The van der Waals surface area contributed by atoms with E-state index >= 15 is 0 Å². The summed E-state index contributed by atoms with van der Waals surface area (Å²) in [5.41, 5.74) is -1.21. The van der Waals surface area contributed by atoms with Crippen LogP contribution in [0.15, 0.2) is 40.9 Å². The van der Waals surface area contributed by atoms with Crippen molar-refractivity contribution >= 4 is 27.5 Å². The Morgan fingerprint density at radius 2 is 1.85 bits per heavy atom. The normalized spacial score (nSPS) is 14.1. The van der Waals surface area contributed by atoms with Gasteiger partial charge in [-0.25, -0.2) is 8.78 Å². The third-order valence-corrected chi connectivity index (χ3v) is 4.37. The molecule has 0 saturated heterocycles. The first kappa shape index (κ1) is 15.4. The van der Waals surface area contributed by atoms with E-state index in [1.54, 1.807) is 24.3 Å². The van der Waals surface area contributed by atoms with E-state index in [2.05, 4.69) is 15.9 Å². The van der Waals surface area contributed by atoms with Crippen molar-refractivity contribution in [2.75, 3.05) is 0 Å². The molecule has 2 rings (SSSR count). The van der Waals surface area contributed by atoms with E-state index in [1.165, 1.54) is 19.1 Å². The van der Waals surface area contributed by atoms with Crippen molar-refractivity contribution < 1.29 is 13.9 Å². The molecule has 2 aromatic carbocycles. The summed E-state index contributed by atoms with van der Waals surface area (Å²) in [6.07, 6.45) is -0.0471. The van der Waals surface area contributed by atoms with Crippen LogP contribution in [0.2, 0.25) is 5.02 Å². The lowest BCUT2D eigenvalue weighted by Crippen LogP contribution is -2.26. The van der Waals surface area contributed by atoms with Crippen molar-refractivity contribution in [1.29, 1.82) is 0 Å². The molecule has 0 fully saturated rings. The van der Waals surface area contributed by atoms with Crippen LogP contribution in [0.1, 0.15) is 18.1 Å². The molecular formula is C15H12BrClF2O. The predicted molar refractivity (Wildman–Crippen MR) is 78.8 cm³/mol. The highest BCUT2D eigenvalue weighted by atomic mass is 79.9. The molecule has 0 aromatic heterocycles. The first-order valence-corrected chi connectivity index (χ1v) is 7.10. The van der Waals surface area contributed by atoms with Crippen LogP contribution >= 0.6 is 27.5 Å². The Morgan fingerprint density at radius 1 is 1.20 bits per heavy atom. The minimum Gasteiger partial charge on any atom is -0.385 e. The van der Waals surface area contributed by atoms with E-state index in [-0.39, 0.29) is 17.0 Å². The second kappa shape index (κ2) is 5.80. The van der Waals surface area contributed by atoms with Crippen molar-refractivity contribution in [3.63, 3.8) is 0 Å². The van der Waals surface area contributed by atoms with Gasteiger partial charge in [-0.15, -0.1) is 0 Å².